The van der Waals surface area contributed by atoms with Gasteiger partial charge in [-0.05, 0) is 43.9 Å². The molecule has 0 saturated carbocycles. The number of alkyl halides is 2. The van der Waals surface area contributed by atoms with Crippen LogP contribution in [0.2, 0.25) is 0 Å². The fraction of sp³-hybridized carbons (Fsp3) is 0.700. The maximum atomic E-state index is 14.5. The number of halogens is 5. The molecule has 0 radical (unpaired) electrons. The predicted octanol–water partition coefficient (Wildman–Crippen LogP) is 6.33. The highest BCUT2D eigenvalue weighted by Gasteiger charge is 2.41. The molecule has 0 amide bonds. The first-order valence-electron chi connectivity index (χ1n) is 9.47. The molecule has 1 aliphatic rings. The summed E-state index contributed by atoms with van der Waals surface area (Å²) in [5.74, 6) is -6.05. The van der Waals surface area contributed by atoms with Gasteiger partial charge in [-0.15, -0.1) is 0 Å². The van der Waals surface area contributed by atoms with Crippen LogP contribution in [-0.2, 0) is 4.74 Å². The first kappa shape index (κ1) is 21.9. The summed E-state index contributed by atoms with van der Waals surface area (Å²) in [5.41, 5.74) is 0. The van der Waals surface area contributed by atoms with E-state index in [-0.39, 0.29) is 24.9 Å². The number of hydrogen-bond acceptors (Lipinski definition) is 2. The fourth-order valence-corrected chi connectivity index (χ4v) is 3.44. The molecule has 27 heavy (non-hydrogen) atoms. The summed E-state index contributed by atoms with van der Waals surface area (Å²) in [4.78, 5) is 0. The molecule has 2 nitrogen and oxygen atoms in total. The Kier molecular flexibility index (Phi) is 7.48. The van der Waals surface area contributed by atoms with Crippen LogP contribution in [0.1, 0.15) is 52.9 Å². The topological polar surface area (TPSA) is 18.5 Å². The Bertz CT molecular complexity index is 591. The molecule has 0 N–H and O–H groups in total. The lowest BCUT2D eigenvalue weighted by molar-refractivity contribution is -0.219. The molecule has 1 aromatic rings. The van der Waals surface area contributed by atoms with Crippen LogP contribution < -0.4 is 4.74 Å². The second-order valence-electron chi connectivity index (χ2n) is 7.58. The predicted molar refractivity (Wildman–Crippen MR) is 92.2 cm³/mol. The van der Waals surface area contributed by atoms with Gasteiger partial charge in [-0.25, -0.2) is 13.2 Å². The van der Waals surface area contributed by atoms with E-state index in [2.05, 4.69) is 11.7 Å². The third-order valence-corrected chi connectivity index (χ3v) is 5.32. The Morgan fingerprint density at radius 3 is 2.30 bits per heavy atom. The van der Waals surface area contributed by atoms with E-state index < -0.39 is 35.2 Å². The average molecular weight is 394 g/mol. The number of rotatable bonds is 8. The third-order valence-electron chi connectivity index (χ3n) is 5.32. The highest BCUT2D eigenvalue weighted by atomic mass is 19.3. The minimum absolute atomic E-state index is 0.0635. The summed E-state index contributed by atoms with van der Waals surface area (Å²) in [6.45, 7) is 6.40. The minimum atomic E-state index is -3.62. The largest absolute Gasteiger partial charge is 0.432 e. The second-order valence-corrected chi connectivity index (χ2v) is 7.58. The minimum Gasteiger partial charge on any atom is -0.432 e. The maximum Gasteiger partial charge on any atom is 0.400 e. The summed E-state index contributed by atoms with van der Waals surface area (Å²) < 4.78 is 78.8. The maximum absolute atomic E-state index is 14.5. The smallest absolute Gasteiger partial charge is 0.400 e. The van der Waals surface area contributed by atoms with Gasteiger partial charge in [0.05, 0.1) is 12.0 Å². The first-order chi connectivity index (χ1) is 12.6. The molecular weight excluding hydrogens is 367 g/mol. The van der Waals surface area contributed by atoms with Crippen molar-refractivity contribution in [2.24, 2.45) is 17.8 Å². The molecule has 0 bridgehead atoms. The summed E-state index contributed by atoms with van der Waals surface area (Å²) in [7, 11) is 0. The van der Waals surface area contributed by atoms with Crippen molar-refractivity contribution in [3.05, 3.63) is 29.6 Å². The standard InChI is InChI=1S/C20H27F5O2/c1-4-14(7-6-13(3)18-8-5-12(2)11-26-18)20(24,25)27-15-9-16(21)19(23)17(22)10-15/h9-10,12-14,18H,4-8,11H2,1-3H3. The van der Waals surface area contributed by atoms with Crippen LogP contribution in [0.5, 0.6) is 5.75 Å². The van der Waals surface area contributed by atoms with Crippen LogP contribution in [0.25, 0.3) is 0 Å². The Balaban J connectivity index is 1.96. The van der Waals surface area contributed by atoms with Crippen molar-refractivity contribution in [1.82, 2.24) is 0 Å². The Morgan fingerprint density at radius 2 is 1.78 bits per heavy atom. The molecule has 0 aliphatic carbocycles. The van der Waals surface area contributed by atoms with Gasteiger partial charge < -0.3 is 9.47 Å². The quantitative estimate of drug-likeness (QED) is 0.379. The zero-order chi connectivity index (χ0) is 20.2. The van der Waals surface area contributed by atoms with Crippen LogP contribution in [0.3, 0.4) is 0 Å². The van der Waals surface area contributed by atoms with Crippen molar-refractivity contribution in [3.8, 4) is 5.75 Å². The van der Waals surface area contributed by atoms with Gasteiger partial charge in [-0.3, -0.25) is 0 Å². The van der Waals surface area contributed by atoms with Gasteiger partial charge in [0.1, 0.15) is 5.75 Å². The second kappa shape index (κ2) is 9.22. The lowest BCUT2D eigenvalue weighted by Gasteiger charge is -2.32. The van der Waals surface area contributed by atoms with Crippen LogP contribution in [0.15, 0.2) is 12.1 Å². The molecule has 1 fully saturated rings. The average Bonchev–Trinajstić information content (AvgIpc) is 2.60. The van der Waals surface area contributed by atoms with Crippen molar-refractivity contribution < 1.29 is 31.4 Å². The summed E-state index contributed by atoms with van der Waals surface area (Å²) in [5, 5.41) is 0. The normalized spacial score (nSPS) is 23.1. The Morgan fingerprint density at radius 1 is 1.15 bits per heavy atom. The molecule has 1 aromatic carbocycles. The zero-order valence-electron chi connectivity index (χ0n) is 15.9. The zero-order valence-corrected chi connectivity index (χ0v) is 15.9. The van der Waals surface area contributed by atoms with Crippen molar-refractivity contribution >= 4 is 0 Å². The number of ether oxygens (including phenoxy) is 2. The van der Waals surface area contributed by atoms with E-state index in [0.717, 1.165) is 12.8 Å². The summed E-state index contributed by atoms with van der Waals surface area (Å²) in [6.07, 6.45) is -0.724. The van der Waals surface area contributed by atoms with Crippen molar-refractivity contribution in [2.75, 3.05) is 6.61 Å². The monoisotopic (exact) mass is 394 g/mol. The van der Waals surface area contributed by atoms with Crippen molar-refractivity contribution in [3.63, 3.8) is 0 Å². The molecule has 4 unspecified atom stereocenters. The van der Waals surface area contributed by atoms with Crippen LogP contribution in [-0.4, -0.2) is 18.8 Å². The molecule has 0 aromatic heterocycles. The molecule has 154 valence electrons. The van der Waals surface area contributed by atoms with Gasteiger partial charge in [0.15, 0.2) is 17.5 Å². The van der Waals surface area contributed by atoms with E-state index in [4.69, 9.17) is 4.74 Å². The van der Waals surface area contributed by atoms with Crippen LogP contribution in [0, 0.1) is 35.2 Å². The highest BCUT2D eigenvalue weighted by molar-refractivity contribution is 5.25. The van der Waals surface area contributed by atoms with E-state index in [1.165, 1.54) is 0 Å². The van der Waals surface area contributed by atoms with E-state index in [1.54, 1.807) is 6.92 Å². The van der Waals surface area contributed by atoms with Crippen LogP contribution >= 0.6 is 0 Å². The molecule has 0 spiro atoms. The van der Waals surface area contributed by atoms with E-state index in [1.807, 2.05) is 6.92 Å². The van der Waals surface area contributed by atoms with Crippen molar-refractivity contribution in [2.45, 2.75) is 65.1 Å². The highest BCUT2D eigenvalue weighted by Crippen LogP contribution is 2.36. The SMILES string of the molecule is CCC(CCC(C)C1CCC(C)CO1)C(F)(F)Oc1cc(F)c(F)c(F)c1. The summed E-state index contributed by atoms with van der Waals surface area (Å²) in [6, 6.07) is 0.859. The number of benzene rings is 1. The van der Waals surface area contributed by atoms with E-state index in [9.17, 15) is 22.0 Å². The van der Waals surface area contributed by atoms with Gasteiger partial charge in [0.25, 0.3) is 0 Å². The lowest BCUT2D eigenvalue weighted by atomic mass is 9.87. The lowest BCUT2D eigenvalue weighted by Crippen LogP contribution is -2.36. The van der Waals surface area contributed by atoms with Gasteiger partial charge in [0, 0.05) is 18.7 Å². The van der Waals surface area contributed by atoms with Crippen LogP contribution in [0.4, 0.5) is 22.0 Å². The van der Waals surface area contributed by atoms with Gasteiger partial charge in [-0.2, -0.15) is 8.78 Å². The van der Waals surface area contributed by atoms with Crippen molar-refractivity contribution in [1.29, 1.82) is 0 Å². The fourth-order valence-electron chi connectivity index (χ4n) is 3.44. The van der Waals surface area contributed by atoms with Gasteiger partial charge >= 0.3 is 6.11 Å². The number of hydrogen-bond donors (Lipinski definition) is 0. The first-order valence-corrected chi connectivity index (χ1v) is 9.47. The molecule has 1 saturated heterocycles. The molecular formula is C20H27F5O2. The van der Waals surface area contributed by atoms with E-state index >= 15 is 0 Å². The Labute approximate surface area is 157 Å². The molecule has 1 heterocycles. The summed E-state index contributed by atoms with van der Waals surface area (Å²) >= 11 is 0. The molecule has 2 rings (SSSR count). The van der Waals surface area contributed by atoms with Gasteiger partial charge in [0.2, 0.25) is 0 Å². The molecule has 4 atom stereocenters. The Hall–Kier alpha value is -1.37. The molecule has 7 heteroatoms. The van der Waals surface area contributed by atoms with Gasteiger partial charge in [-0.1, -0.05) is 20.8 Å². The third kappa shape index (κ3) is 5.80. The van der Waals surface area contributed by atoms with E-state index in [0.29, 0.717) is 31.1 Å². The molecule has 1 aliphatic heterocycles.